The van der Waals surface area contributed by atoms with Gasteiger partial charge in [0.15, 0.2) is 5.13 Å². The molecule has 3 N–H and O–H groups in total. The predicted molar refractivity (Wildman–Crippen MR) is 93.4 cm³/mol. The van der Waals surface area contributed by atoms with E-state index in [1.807, 2.05) is 30.5 Å². The first-order valence-corrected chi connectivity index (χ1v) is 8.21. The zero-order chi connectivity index (χ0) is 16.9. The van der Waals surface area contributed by atoms with Gasteiger partial charge in [-0.1, -0.05) is 18.2 Å². The molecule has 122 valence electrons. The fourth-order valence-corrected chi connectivity index (χ4v) is 2.77. The molecule has 0 aliphatic heterocycles. The van der Waals surface area contributed by atoms with E-state index in [1.165, 1.54) is 11.3 Å². The quantitative estimate of drug-likeness (QED) is 0.740. The molecule has 0 saturated carbocycles. The van der Waals surface area contributed by atoms with Gasteiger partial charge < -0.3 is 10.5 Å². The highest BCUT2D eigenvalue weighted by atomic mass is 32.1. The Bertz CT molecular complexity index is 833. The highest BCUT2D eigenvalue weighted by Gasteiger charge is 2.16. The van der Waals surface area contributed by atoms with E-state index in [1.54, 1.807) is 30.5 Å². The first-order valence-electron chi connectivity index (χ1n) is 7.34. The molecule has 1 aromatic carbocycles. The van der Waals surface area contributed by atoms with Crippen LogP contribution in [-0.4, -0.2) is 15.9 Å². The molecule has 0 spiro atoms. The van der Waals surface area contributed by atoms with Crippen molar-refractivity contribution in [2.45, 2.75) is 13.0 Å². The summed E-state index contributed by atoms with van der Waals surface area (Å²) in [4.78, 5) is 20.9. The molecule has 0 saturated heterocycles. The number of para-hydroxylation sites is 1. The summed E-state index contributed by atoms with van der Waals surface area (Å²) >= 11 is 1.33. The minimum atomic E-state index is -0.334. The van der Waals surface area contributed by atoms with Crippen LogP contribution < -0.4 is 15.8 Å². The summed E-state index contributed by atoms with van der Waals surface area (Å²) in [6.07, 6.45) is 1.58. The lowest BCUT2D eigenvalue weighted by Gasteiger charge is -2.09. The topological polar surface area (TPSA) is 90.1 Å². The van der Waals surface area contributed by atoms with Gasteiger partial charge in [0.2, 0.25) is 5.88 Å². The van der Waals surface area contributed by atoms with Crippen LogP contribution in [0.5, 0.6) is 11.6 Å². The third-order valence-electron chi connectivity index (χ3n) is 3.18. The highest BCUT2D eigenvalue weighted by molar-refractivity contribution is 7.14. The average Bonchev–Trinajstić information content (AvgIpc) is 3.05. The SMILES string of the molecule is CC(N)c1csc(NC(=O)c2cccnc2Oc2ccccc2)n1. The van der Waals surface area contributed by atoms with E-state index < -0.39 is 0 Å². The van der Waals surface area contributed by atoms with Crippen LogP contribution in [0, 0.1) is 0 Å². The standard InChI is InChI=1S/C17H16N4O2S/c1-11(18)14-10-24-17(20-14)21-15(22)13-8-5-9-19-16(13)23-12-6-3-2-4-7-12/h2-11H,18H2,1H3,(H,20,21,22). The Hall–Kier alpha value is -2.77. The number of carbonyl (C=O) groups is 1. The predicted octanol–water partition coefficient (Wildman–Crippen LogP) is 3.60. The summed E-state index contributed by atoms with van der Waals surface area (Å²) in [6, 6.07) is 12.3. The molecular formula is C17H16N4O2S. The molecule has 0 aliphatic carbocycles. The molecular weight excluding hydrogens is 324 g/mol. The minimum Gasteiger partial charge on any atom is -0.438 e. The number of nitrogens with zero attached hydrogens (tertiary/aromatic N) is 2. The van der Waals surface area contributed by atoms with E-state index in [0.29, 0.717) is 16.4 Å². The number of thiazole rings is 1. The molecule has 1 atom stereocenters. The summed E-state index contributed by atoms with van der Waals surface area (Å²) in [7, 11) is 0. The van der Waals surface area contributed by atoms with Crippen molar-refractivity contribution >= 4 is 22.4 Å². The van der Waals surface area contributed by atoms with E-state index in [4.69, 9.17) is 10.5 Å². The van der Waals surface area contributed by atoms with Crippen molar-refractivity contribution in [2.24, 2.45) is 5.73 Å². The summed E-state index contributed by atoms with van der Waals surface area (Å²) in [5.74, 6) is 0.517. The Kier molecular flexibility index (Phi) is 4.83. The molecule has 2 aromatic heterocycles. The Morgan fingerprint density at radius 3 is 2.75 bits per heavy atom. The fourth-order valence-electron chi connectivity index (χ4n) is 1.96. The molecule has 7 heteroatoms. The number of nitrogens with one attached hydrogen (secondary N) is 1. The number of nitrogens with two attached hydrogens (primary N) is 1. The molecule has 24 heavy (non-hydrogen) atoms. The van der Waals surface area contributed by atoms with Crippen LogP contribution in [0.25, 0.3) is 0 Å². The van der Waals surface area contributed by atoms with Crippen molar-refractivity contribution in [1.29, 1.82) is 0 Å². The number of pyridine rings is 1. The number of hydrogen-bond donors (Lipinski definition) is 2. The Morgan fingerprint density at radius 1 is 1.25 bits per heavy atom. The molecule has 3 aromatic rings. The normalized spacial score (nSPS) is 11.8. The van der Waals surface area contributed by atoms with Gasteiger partial charge in [-0.3, -0.25) is 10.1 Å². The van der Waals surface area contributed by atoms with Crippen LogP contribution >= 0.6 is 11.3 Å². The molecule has 6 nitrogen and oxygen atoms in total. The van der Waals surface area contributed by atoms with Gasteiger partial charge in [-0.05, 0) is 31.2 Å². The fraction of sp³-hybridized carbons (Fsp3) is 0.118. The van der Waals surface area contributed by atoms with Crippen molar-refractivity contribution in [1.82, 2.24) is 9.97 Å². The zero-order valence-corrected chi connectivity index (χ0v) is 13.8. The van der Waals surface area contributed by atoms with E-state index in [9.17, 15) is 4.79 Å². The second-order valence-electron chi connectivity index (χ2n) is 5.09. The summed E-state index contributed by atoms with van der Waals surface area (Å²) in [6.45, 7) is 1.84. The maximum atomic E-state index is 12.5. The first kappa shape index (κ1) is 16.1. The Morgan fingerprint density at radius 2 is 2.04 bits per heavy atom. The summed E-state index contributed by atoms with van der Waals surface area (Å²) in [5.41, 5.74) is 6.85. The maximum absolute atomic E-state index is 12.5. The molecule has 0 bridgehead atoms. The summed E-state index contributed by atoms with van der Waals surface area (Å²) < 4.78 is 5.70. The molecule has 0 radical (unpaired) electrons. The smallest absolute Gasteiger partial charge is 0.262 e. The molecule has 0 fully saturated rings. The third-order valence-corrected chi connectivity index (χ3v) is 3.96. The number of aromatic nitrogens is 2. The van der Waals surface area contributed by atoms with Gasteiger partial charge in [-0.2, -0.15) is 0 Å². The second kappa shape index (κ2) is 7.20. The second-order valence-corrected chi connectivity index (χ2v) is 5.95. The largest absolute Gasteiger partial charge is 0.438 e. The van der Waals surface area contributed by atoms with Gasteiger partial charge >= 0.3 is 0 Å². The van der Waals surface area contributed by atoms with Gasteiger partial charge in [-0.25, -0.2) is 9.97 Å². The number of rotatable bonds is 5. The van der Waals surface area contributed by atoms with E-state index >= 15 is 0 Å². The first-order chi connectivity index (χ1) is 11.6. The van der Waals surface area contributed by atoms with Crippen LogP contribution in [0.2, 0.25) is 0 Å². The van der Waals surface area contributed by atoms with E-state index in [0.717, 1.165) is 5.69 Å². The lowest BCUT2D eigenvalue weighted by Crippen LogP contribution is -2.14. The zero-order valence-electron chi connectivity index (χ0n) is 13.0. The number of benzene rings is 1. The average molecular weight is 340 g/mol. The van der Waals surface area contributed by atoms with E-state index in [2.05, 4.69) is 15.3 Å². The molecule has 3 rings (SSSR count). The molecule has 0 aliphatic rings. The number of amides is 1. The van der Waals surface area contributed by atoms with Gasteiger partial charge in [0, 0.05) is 17.6 Å². The van der Waals surface area contributed by atoms with E-state index in [-0.39, 0.29) is 17.8 Å². The number of hydrogen-bond acceptors (Lipinski definition) is 6. The number of carbonyl (C=O) groups excluding carboxylic acids is 1. The summed E-state index contributed by atoms with van der Waals surface area (Å²) in [5, 5.41) is 5.06. The minimum absolute atomic E-state index is 0.178. The lowest BCUT2D eigenvalue weighted by molar-refractivity contribution is 0.102. The third kappa shape index (κ3) is 3.76. The highest BCUT2D eigenvalue weighted by Crippen LogP contribution is 2.25. The monoisotopic (exact) mass is 340 g/mol. The van der Waals surface area contributed by atoms with Gasteiger partial charge in [0.1, 0.15) is 11.3 Å². The number of ether oxygens (including phenoxy) is 1. The van der Waals surface area contributed by atoms with Crippen molar-refractivity contribution < 1.29 is 9.53 Å². The Labute approximate surface area is 143 Å². The van der Waals surface area contributed by atoms with Gasteiger partial charge in [-0.15, -0.1) is 11.3 Å². The van der Waals surface area contributed by atoms with Crippen LogP contribution in [0.1, 0.15) is 29.0 Å². The van der Waals surface area contributed by atoms with Crippen LogP contribution in [0.3, 0.4) is 0 Å². The van der Waals surface area contributed by atoms with Crippen LogP contribution in [0.15, 0.2) is 54.0 Å². The van der Waals surface area contributed by atoms with Gasteiger partial charge in [0.25, 0.3) is 5.91 Å². The van der Waals surface area contributed by atoms with Gasteiger partial charge in [0.05, 0.1) is 5.69 Å². The lowest BCUT2D eigenvalue weighted by atomic mass is 10.2. The number of anilines is 1. The van der Waals surface area contributed by atoms with Crippen LogP contribution in [-0.2, 0) is 0 Å². The van der Waals surface area contributed by atoms with Crippen molar-refractivity contribution in [2.75, 3.05) is 5.32 Å². The van der Waals surface area contributed by atoms with Crippen LogP contribution in [0.4, 0.5) is 5.13 Å². The van der Waals surface area contributed by atoms with Crippen molar-refractivity contribution in [3.05, 3.63) is 65.3 Å². The Balaban J connectivity index is 1.79. The molecule has 1 unspecified atom stereocenters. The molecule has 2 heterocycles. The molecule has 1 amide bonds. The van der Waals surface area contributed by atoms with Crippen molar-refractivity contribution in [3.63, 3.8) is 0 Å². The maximum Gasteiger partial charge on any atom is 0.262 e. The van der Waals surface area contributed by atoms with Crippen molar-refractivity contribution in [3.8, 4) is 11.6 Å².